The van der Waals surface area contributed by atoms with Gasteiger partial charge in [-0.1, -0.05) is 11.6 Å². The van der Waals surface area contributed by atoms with E-state index in [1.807, 2.05) is 6.92 Å². The number of hydrogen-bond donors (Lipinski definition) is 3. The fraction of sp³-hybridized carbons (Fsp3) is 0.333. The normalized spacial score (nSPS) is 15.8. The number of aromatic nitrogens is 2. The van der Waals surface area contributed by atoms with E-state index in [0.29, 0.717) is 11.4 Å². The van der Waals surface area contributed by atoms with E-state index in [9.17, 15) is 9.90 Å². The molecule has 1 aromatic heterocycles. The van der Waals surface area contributed by atoms with Crippen LogP contribution in [-0.2, 0) is 0 Å². The molecule has 0 saturated carbocycles. The second-order valence-corrected chi connectivity index (χ2v) is 5.93. The average molecular weight is 311 g/mol. The number of rotatable bonds is 4. The van der Waals surface area contributed by atoms with E-state index in [1.165, 1.54) is 18.4 Å². The summed E-state index contributed by atoms with van der Waals surface area (Å²) >= 11 is 0. The lowest BCUT2D eigenvalue weighted by molar-refractivity contribution is 0.0939. The van der Waals surface area contributed by atoms with Crippen LogP contribution in [0.4, 0.5) is 0 Å². The van der Waals surface area contributed by atoms with Crippen molar-refractivity contribution < 1.29 is 9.90 Å². The fourth-order valence-corrected chi connectivity index (χ4v) is 2.84. The van der Waals surface area contributed by atoms with Crippen molar-refractivity contribution in [2.45, 2.75) is 38.6 Å². The lowest BCUT2D eigenvalue weighted by Crippen LogP contribution is -2.34. The molecular formula is C18H21N3O2. The Kier molecular flexibility index (Phi) is 4.46. The molecule has 3 N–H and O–H groups in total. The molecular weight excluding hydrogens is 290 g/mol. The third kappa shape index (κ3) is 3.62. The number of carbonyl (C=O) groups is 1. The lowest BCUT2D eigenvalue weighted by atomic mass is 9.95. The first-order valence-corrected chi connectivity index (χ1v) is 7.98. The Balaban J connectivity index is 1.68. The number of phenolic OH excluding ortho intramolecular Hbond substituents is 1. The van der Waals surface area contributed by atoms with Crippen LogP contribution in [0.2, 0.25) is 0 Å². The minimum absolute atomic E-state index is 0.0447. The van der Waals surface area contributed by atoms with Gasteiger partial charge < -0.3 is 10.4 Å². The minimum Gasteiger partial charge on any atom is -0.508 e. The zero-order valence-corrected chi connectivity index (χ0v) is 13.2. The summed E-state index contributed by atoms with van der Waals surface area (Å²) in [5, 5.41) is 19.3. The Bertz CT molecular complexity index is 716. The molecule has 1 amide bonds. The van der Waals surface area contributed by atoms with Crippen LogP contribution in [0, 0.1) is 0 Å². The third-order valence-electron chi connectivity index (χ3n) is 4.22. The van der Waals surface area contributed by atoms with E-state index in [4.69, 9.17) is 0 Å². The van der Waals surface area contributed by atoms with Crippen LogP contribution in [-0.4, -0.2) is 27.3 Å². The molecule has 0 aliphatic heterocycles. The second kappa shape index (κ2) is 6.69. The molecule has 120 valence electrons. The molecule has 23 heavy (non-hydrogen) atoms. The van der Waals surface area contributed by atoms with E-state index in [2.05, 4.69) is 21.6 Å². The Morgan fingerprint density at radius 2 is 2.09 bits per heavy atom. The Hall–Kier alpha value is -2.56. The Morgan fingerprint density at radius 1 is 1.30 bits per heavy atom. The molecule has 1 aromatic carbocycles. The van der Waals surface area contributed by atoms with Crippen molar-refractivity contribution >= 4 is 5.91 Å². The molecule has 5 nitrogen and oxygen atoms in total. The van der Waals surface area contributed by atoms with Crippen LogP contribution in [0.3, 0.4) is 0 Å². The molecule has 0 saturated heterocycles. The molecule has 5 heteroatoms. The topological polar surface area (TPSA) is 78.0 Å². The lowest BCUT2D eigenvalue weighted by Gasteiger charge is -2.20. The van der Waals surface area contributed by atoms with Crippen LogP contribution >= 0.6 is 0 Å². The van der Waals surface area contributed by atoms with Gasteiger partial charge in [0.05, 0.1) is 5.69 Å². The van der Waals surface area contributed by atoms with Crippen molar-refractivity contribution in [2.24, 2.45) is 0 Å². The first-order valence-electron chi connectivity index (χ1n) is 7.98. The van der Waals surface area contributed by atoms with Gasteiger partial charge in [0.1, 0.15) is 11.4 Å². The first-order chi connectivity index (χ1) is 11.1. The molecule has 1 atom stereocenters. The molecule has 0 spiro atoms. The summed E-state index contributed by atoms with van der Waals surface area (Å²) in [7, 11) is 0. The van der Waals surface area contributed by atoms with Gasteiger partial charge in [0.15, 0.2) is 0 Å². The molecule has 3 rings (SSSR count). The zero-order chi connectivity index (χ0) is 16.2. The highest BCUT2D eigenvalue weighted by atomic mass is 16.3. The van der Waals surface area contributed by atoms with E-state index in [0.717, 1.165) is 18.4 Å². The number of allylic oxidation sites excluding steroid dienone is 1. The number of phenols is 1. The zero-order valence-electron chi connectivity index (χ0n) is 13.2. The van der Waals surface area contributed by atoms with Gasteiger partial charge in [-0.25, -0.2) is 0 Å². The maximum absolute atomic E-state index is 12.3. The molecule has 0 bridgehead atoms. The summed E-state index contributed by atoms with van der Waals surface area (Å²) in [4.78, 5) is 12.3. The van der Waals surface area contributed by atoms with Crippen LogP contribution < -0.4 is 5.32 Å². The van der Waals surface area contributed by atoms with Gasteiger partial charge in [0, 0.05) is 11.6 Å². The molecule has 0 unspecified atom stereocenters. The van der Waals surface area contributed by atoms with Gasteiger partial charge in [-0.3, -0.25) is 9.89 Å². The molecule has 0 fully saturated rings. The summed E-state index contributed by atoms with van der Waals surface area (Å²) in [6.45, 7) is 2.02. The van der Waals surface area contributed by atoms with Gasteiger partial charge in [0.25, 0.3) is 5.91 Å². The van der Waals surface area contributed by atoms with Gasteiger partial charge in [-0.2, -0.15) is 5.10 Å². The van der Waals surface area contributed by atoms with E-state index in [-0.39, 0.29) is 17.7 Å². The summed E-state index contributed by atoms with van der Waals surface area (Å²) in [5.41, 5.74) is 3.28. The monoisotopic (exact) mass is 311 g/mol. The fourth-order valence-electron chi connectivity index (χ4n) is 2.84. The quantitative estimate of drug-likeness (QED) is 0.757. The highest BCUT2D eigenvalue weighted by Crippen LogP contribution is 2.22. The predicted octanol–water partition coefficient (Wildman–Crippen LogP) is 3.40. The van der Waals surface area contributed by atoms with Crippen molar-refractivity contribution in [1.82, 2.24) is 15.5 Å². The number of amides is 1. The summed E-state index contributed by atoms with van der Waals surface area (Å²) in [6, 6.07) is 8.50. The number of aromatic amines is 1. The third-order valence-corrected chi connectivity index (χ3v) is 4.22. The van der Waals surface area contributed by atoms with E-state index >= 15 is 0 Å². The Morgan fingerprint density at radius 3 is 2.78 bits per heavy atom. The number of nitrogens with one attached hydrogen (secondary N) is 2. The largest absolute Gasteiger partial charge is 0.508 e. The van der Waals surface area contributed by atoms with Crippen molar-refractivity contribution in [1.29, 1.82) is 0 Å². The van der Waals surface area contributed by atoms with Crippen LogP contribution in [0.25, 0.3) is 11.3 Å². The Labute approximate surface area is 135 Å². The highest BCUT2D eigenvalue weighted by Gasteiger charge is 2.17. The smallest absolute Gasteiger partial charge is 0.269 e. The van der Waals surface area contributed by atoms with Gasteiger partial charge >= 0.3 is 0 Å². The van der Waals surface area contributed by atoms with Crippen molar-refractivity contribution in [3.8, 4) is 17.0 Å². The standard InChI is InChI=1S/C18H21N3O2/c1-12(13-5-3-2-4-6-13)19-18(23)17-11-16(20-21-17)14-7-9-15(22)10-8-14/h5,7-12,22H,2-4,6H2,1H3,(H,19,23)(H,20,21)/t12-/m0/s1. The van der Waals surface area contributed by atoms with Crippen LogP contribution in [0.15, 0.2) is 42.0 Å². The predicted molar refractivity (Wildman–Crippen MR) is 89.2 cm³/mol. The number of nitrogens with zero attached hydrogens (tertiary/aromatic N) is 1. The van der Waals surface area contributed by atoms with Crippen molar-refractivity contribution in [3.05, 3.63) is 47.7 Å². The molecule has 0 radical (unpaired) electrons. The molecule has 1 heterocycles. The summed E-state index contributed by atoms with van der Waals surface area (Å²) in [5.74, 6) is 0.0540. The highest BCUT2D eigenvalue weighted by molar-refractivity contribution is 5.93. The second-order valence-electron chi connectivity index (χ2n) is 5.93. The number of H-pyrrole nitrogens is 1. The SMILES string of the molecule is C[C@H](NC(=O)c1cc(-c2ccc(O)cc2)n[nH]1)C1=CCCCC1. The minimum atomic E-state index is -0.151. The number of hydrogen-bond acceptors (Lipinski definition) is 3. The van der Waals surface area contributed by atoms with Crippen LogP contribution in [0.1, 0.15) is 43.1 Å². The number of benzene rings is 1. The van der Waals surface area contributed by atoms with Crippen molar-refractivity contribution in [3.63, 3.8) is 0 Å². The van der Waals surface area contributed by atoms with Gasteiger partial charge in [0.2, 0.25) is 0 Å². The average Bonchev–Trinajstić information content (AvgIpc) is 3.06. The maximum Gasteiger partial charge on any atom is 0.269 e. The summed E-state index contributed by atoms with van der Waals surface area (Å²) in [6.07, 6.45) is 6.83. The van der Waals surface area contributed by atoms with Crippen molar-refractivity contribution in [2.75, 3.05) is 0 Å². The van der Waals surface area contributed by atoms with Gasteiger partial charge in [-0.05, 0) is 62.9 Å². The number of carbonyl (C=O) groups excluding carboxylic acids is 1. The molecule has 1 aliphatic rings. The van der Waals surface area contributed by atoms with Gasteiger partial charge in [-0.15, -0.1) is 0 Å². The first kappa shape index (κ1) is 15.3. The molecule has 2 aromatic rings. The van der Waals surface area contributed by atoms with Crippen LogP contribution in [0.5, 0.6) is 5.75 Å². The van der Waals surface area contributed by atoms with E-state index in [1.54, 1.807) is 30.3 Å². The van der Waals surface area contributed by atoms with E-state index < -0.39 is 0 Å². The number of aromatic hydroxyl groups is 1. The maximum atomic E-state index is 12.3. The summed E-state index contributed by atoms with van der Waals surface area (Å²) < 4.78 is 0. The molecule has 1 aliphatic carbocycles.